The van der Waals surface area contributed by atoms with E-state index in [0.29, 0.717) is 28.7 Å². The summed E-state index contributed by atoms with van der Waals surface area (Å²) in [7, 11) is 0. The average Bonchev–Trinajstić information content (AvgIpc) is 2.95. The number of aryl methyl sites for hydroxylation is 1. The predicted molar refractivity (Wildman–Crippen MR) is 86.4 cm³/mol. The molecule has 5 heteroatoms. The molecule has 0 bridgehead atoms. The van der Waals surface area contributed by atoms with Gasteiger partial charge in [0, 0.05) is 11.6 Å². The Morgan fingerprint density at radius 3 is 2.73 bits per heavy atom. The lowest BCUT2D eigenvalue weighted by atomic mass is 10.1. The van der Waals surface area contributed by atoms with Crippen LogP contribution in [0.25, 0.3) is 27.8 Å². The number of H-pyrrole nitrogens is 1. The van der Waals surface area contributed by atoms with Gasteiger partial charge in [0.2, 0.25) is 5.43 Å². The number of benzene rings is 1. The molecule has 4 rings (SSSR count). The summed E-state index contributed by atoms with van der Waals surface area (Å²) >= 11 is 0. The van der Waals surface area contributed by atoms with E-state index in [0.717, 1.165) is 11.2 Å². The van der Waals surface area contributed by atoms with Gasteiger partial charge in [-0.05, 0) is 30.7 Å². The predicted octanol–water partition coefficient (Wildman–Crippen LogP) is 2.82. The van der Waals surface area contributed by atoms with Crippen LogP contribution in [0.5, 0.6) is 0 Å². The summed E-state index contributed by atoms with van der Waals surface area (Å²) in [5, 5.41) is 5.92. The van der Waals surface area contributed by atoms with Gasteiger partial charge in [-0.25, -0.2) is 4.98 Å². The third-order valence-corrected chi connectivity index (χ3v) is 3.81. The van der Waals surface area contributed by atoms with Crippen molar-refractivity contribution in [3.05, 3.63) is 64.6 Å². The molecule has 22 heavy (non-hydrogen) atoms. The highest BCUT2D eigenvalue weighted by atomic mass is 16.1. The molecule has 0 aliphatic carbocycles. The smallest absolute Gasteiger partial charge is 0.200 e. The third kappa shape index (κ3) is 1.75. The van der Waals surface area contributed by atoms with Gasteiger partial charge in [0.15, 0.2) is 5.82 Å². The van der Waals surface area contributed by atoms with Gasteiger partial charge in [-0.3, -0.25) is 4.79 Å². The van der Waals surface area contributed by atoms with Crippen molar-refractivity contribution in [2.75, 3.05) is 0 Å². The molecule has 0 fully saturated rings. The molecule has 0 saturated heterocycles. The summed E-state index contributed by atoms with van der Waals surface area (Å²) in [6.07, 6.45) is 2.41. The van der Waals surface area contributed by atoms with Crippen LogP contribution in [-0.4, -0.2) is 19.7 Å². The van der Waals surface area contributed by atoms with Gasteiger partial charge in [-0.1, -0.05) is 25.1 Å². The Morgan fingerprint density at radius 2 is 1.95 bits per heavy atom. The lowest BCUT2D eigenvalue weighted by Gasteiger charge is -2.03. The quantitative estimate of drug-likeness (QED) is 0.617. The summed E-state index contributed by atoms with van der Waals surface area (Å²) in [6.45, 7) is 2.00. The van der Waals surface area contributed by atoms with E-state index in [9.17, 15) is 4.79 Å². The topological polar surface area (TPSA) is 63.6 Å². The molecule has 4 aromatic rings. The first-order chi connectivity index (χ1) is 10.8. The van der Waals surface area contributed by atoms with Crippen LogP contribution < -0.4 is 5.43 Å². The van der Waals surface area contributed by atoms with Gasteiger partial charge in [0.1, 0.15) is 5.65 Å². The molecule has 0 amide bonds. The Hall–Kier alpha value is -2.95. The van der Waals surface area contributed by atoms with Gasteiger partial charge in [-0.15, -0.1) is 0 Å². The number of hydrogen-bond acceptors (Lipinski definition) is 3. The van der Waals surface area contributed by atoms with E-state index in [-0.39, 0.29) is 5.43 Å². The van der Waals surface area contributed by atoms with E-state index < -0.39 is 0 Å². The van der Waals surface area contributed by atoms with Crippen molar-refractivity contribution in [1.29, 1.82) is 0 Å². The molecule has 0 aliphatic heterocycles. The van der Waals surface area contributed by atoms with Crippen LogP contribution in [0.4, 0.5) is 0 Å². The maximum Gasteiger partial charge on any atom is 0.200 e. The van der Waals surface area contributed by atoms with Gasteiger partial charge in [0.05, 0.1) is 16.6 Å². The number of nitrogens with one attached hydrogen (secondary N) is 1. The monoisotopic (exact) mass is 290 g/mol. The highest BCUT2D eigenvalue weighted by molar-refractivity contribution is 5.92. The first kappa shape index (κ1) is 12.8. The third-order valence-electron chi connectivity index (χ3n) is 3.81. The van der Waals surface area contributed by atoms with E-state index in [1.165, 1.54) is 0 Å². The number of aromatic amines is 1. The summed E-state index contributed by atoms with van der Waals surface area (Å²) in [6, 6.07) is 13.2. The van der Waals surface area contributed by atoms with Crippen LogP contribution in [-0.2, 0) is 6.42 Å². The van der Waals surface area contributed by atoms with Crippen molar-refractivity contribution in [2.45, 2.75) is 13.3 Å². The van der Waals surface area contributed by atoms with Gasteiger partial charge < -0.3 is 4.98 Å². The molecule has 0 spiro atoms. The van der Waals surface area contributed by atoms with E-state index in [2.05, 4.69) is 15.1 Å². The summed E-state index contributed by atoms with van der Waals surface area (Å²) in [4.78, 5) is 20.5. The van der Waals surface area contributed by atoms with Crippen molar-refractivity contribution in [3.8, 4) is 5.82 Å². The fourth-order valence-electron chi connectivity index (χ4n) is 2.76. The van der Waals surface area contributed by atoms with Crippen molar-refractivity contribution in [2.24, 2.45) is 0 Å². The lowest BCUT2D eigenvalue weighted by molar-refractivity contribution is 0.830. The minimum absolute atomic E-state index is 0.0170. The molecule has 3 heterocycles. The SMILES string of the molecule is CCc1nn(-c2ccccn2)c2[nH]c3ccccc3c(=O)c12. The number of para-hydroxylation sites is 1. The van der Waals surface area contributed by atoms with Gasteiger partial charge >= 0.3 is 0 Å². The van der Waals surface area contributed by atoms with Crippen LogP contribution in [0, 0.1) is 0 Å². The minimum atomic E-state index is 0.0170. The van der Waals surface area contributed by atoms with E-state index in [1.54, 1.807) is 10.9 Å². The number of pyridine rings is 2. The molecule has 0 unspecified atom stereocenters. The second-order valence-electron chi connectivity index (χ2n) is 5.12. The van der Waals surface area contributed by atoms with Gasteiger partial charge in [0.25, 0.3) is 0 Å². The van der Waals surface area contributed by atoms with E-state index in [1.807, 2.05) is 49.4 Å². The zero-order valence-corrected chi connectivity index (χ0v) is 12.1. The van der Waals surface area contributed by atoms with Crippen LogP contribution in [0.3, 0.4) is 0 Å². The van der Waals surface area contributed by atoms with E-state index >= 15 is 0 Å². The molecule has 0 aliphatic rings. The molecule has 3 aromatic heterocycles. The average molecular weight is 290 g/mol. The molecule has 1 N–H and O–H groups in total. The normalized spacial score (nSPS) is 11.3. The summed E-state index contributed by atoms with van der Waals surface area (Å²) in [5.41, 5.74) is 2.30. The number of rotatable bonds is 2. The number of nitrogens with zero attached hydrogens (tertiary/aromatic N) is 3. The van der Waals surface area contributed by atoms with Crippen molar-refractivity contribution < 1.29 is 0 Å². The number of fused-ring (bicyclic) bond motifs is 2. The molecule has 1 aromatic carbocycles. The maximum absolute atomic E-state index is 12.8. The highest BCUT2D eigenvalue weighted by Crippen LogP contribution is 2.20. The van der Waals surface area contributed by atoms with Crippen molar-refractivity contribution in [1.82, 2.24) is 19.7 Å². The molecular formula is C17H14N4O. The Morgan fingerprint density at radius 1 is 1.14 bits per heavy atom. The summed E-state index contributed by atoms with van der Waals surface area (Å²) < 4.78 is 1.71. The number of aromatic nitrogens is 4. The fraction of sp³-hybridized carbons (Fsp3) is 0.118. The van der Waals surface area contributed by atoms with Crippen LogP contribution in [0.1, 0.15) is 12.6 Å². The number of hydrogen-bond donors (Lipinski definition) is 1. The fourth-order valence-corrected chi connectivity index (χ4v) is 2.76. The zero-order chi connectivity index (χ0) is 15.1. The first-order valence-corrected chi connectivity index (χ1v) is 7.23. The largest absolute Gasteiger partial charge is 0.339 e. The second-order valence-corrected chi connectivity index (χ2v) is 5.12. The lowest BCUT2D eigenvalue weighted by Crippen LogP contribution is -2.06. The van der Waals surface area contributed by atoms with E-state index in [4.69, 9.17) is 0 Å². The maximum atomic E-state index is 12.8. The molecule has 0 saturated carbocycles. The molecule has 5 nitrogen and oxygen atoms in total. The van der Waals surface area contributed by atoms with Crippen molar-refractivity contribution in [3.63, 3.8) is 0 Å². The highest BCUT2D eigenvalue weighted by Gasteiger charge is 2.16. The van der Waals surface area contributed by atoms with Crippen LogP contribution >= 0.6 is 0 Å². The standard InChI is InChI=1S/C17H14N4O/c1-2-12-15-16(22)11-7-3-4-8-13(11)19-17(15)21(20-12)14-9-5-6-10-18-14/h3-10H,2H2,1H3,(H,19,22). The first-order valence-electron chi connectivity index (χ1n) is 7.23. The van der Waals surface area contributed by atoms with Crippen LogP contribution in [0.15, 0.2) is 53.5 Å². The Labute approximate surface area is 126 Å². The molecule has 0 atom stereocenters. The Bertz CT molecular complexity index is 1030. The molecular weight excluding hydrogens is 276 g/mol. The Kier molecular flexibility index (Phi) is 2.79. The zero-order valence-electron chi connectivity index (χ0n) is 12.1. The van der Waals surface area contributed by atoms with Crippen LogP contribution in [0.2, 0.25) is 0 Å². The second kappa shape index (κ2) is 4.80. The minimum Gasteiger partial charge on any atom is -0.339 e. The Balaban J connectivity index is 2.18. The van der Waals surface area contributed by atoms with Gasteiger partial charge in [-0.2, -0.15) is 9.78 Å². The molecule has 108 valence electrons. The molecule has 0 radical (unpaired) electrons. The summed E-state index contributed by atoms with van der Waals surface area (Å²) in [5.74, 6) is 0.693. The van der Waals surface area contributed by atoms with Crippen molar-refractivity contribution >= 4 is 21.9 Å².